The quantitative estimate of drug-likeness (QED) is 0.323. The van der Waals surface area contributed by atoms with E-state index in [0.717, 1.165) is 34.0 Å². The van der Waals surface area contributed by atoms with E-state index in [2.05, 4.69) is 15.5 Å². The number of benzene rings is 2. The molecule has 0 saturated carbocycles. The first-order valence-electron chi connectivity index (χ1n) is 9.58. The number of thioether (sulfide) groups is 1. The summed E-state index contributed by atoms with van der Waals surface area (Å²) in [5.74, 6) is 0.557. The molecular weight excluding hydrogens is 477 g/mol. The van der Waals surface area contributed by atoms with E-state index in [0.29, 0.717) is 17.2 Å². The summed E-state index contributed by atoms with van der Waals surface area (Å²) >= 11 is 6.85. The molecule has 2 aromatic heterocycles. The number of para-hydroxylation sites is 2. The number of pyridine rings is 1. The van der Waals surface area contributed by atoms with Gasteiger partial charge in [-0.05, 0) is 37.3 Å². The van der Waals surface area contributed by atoms with E-state index < -0.39 is 17.6 Å². The number of fused-ring (bicyclic) bond motifs is 1. The predicted octanol–water partition coefficient (Wildman–Crippen LogP) is 6.23. The molecule has 0 radical (unpaired) electrons. The molecule has 0 spiro atoms. The molecule has 170 valence electrons. The van der Waals surface area contributed by atoms with E-state index in [1.807, 2.05) is 31.2 Å². The topological polar surface area (TPSA) is 68.5 Å². The number of carbonyl (C=O) groups is 1. The van der Waals surface area contributed by atoms with Crippen molar-refractivity contribution < 1.29 is 22.7 Å². The molecule has 0 aliphatic heterocycles. The molecule has 6 nitrogen and oxygen atoms in total. The first-order chi connectivity index (χ1) is 15.7. The van der Waals surface area contributed by atoms with Crippen molar-refractivity contribution in [2.75, 3.05) is 11.1 Å². The molecule has 1 N–H and O–H groups in total. The van der Waals surface area contributed by atoms with Gasteiger partial charge in [-0.15, -0.1) is 10.2 Å². The summed E-state index contributed by atoms with van der Waals surface area (Å²) in [5.41, 5.74) is 0.681. The fourth-order valence-corrected chi connectivity index (χ4v) is 3.85. The maximum absolute atomic E-state index is 13.1. The van der Waals surface area contributed by atoms with Gasteiger partial charge in [0.05, 0.1) is 22.0 Å². The standard InChI is InChI=1S/C22H16ClF3N4O2S/c1-13-6-8-15(9-7-13)32-18-5-3-2-4-17(18)27-19(31)12-33-21-29-28-20-16(23)10-14(11-30(20)21)22(24,25)26/h2-11H,12H2,1H3,(H,27,31). The van der Waals surface area contributed by atoms with Gasteiger partial charge in [-0.3, -0.25) is 9.20 Å². The minimum absolute atomic E-state index is 0.0735. The Morgan fingerprint density at radius 3 is 2.61 bits per heavy atom. The van der Waals surface area contributed by atoms with Crippen LogP contribution in [0.3, 0.4) is 0 Å². The number of carbonyl (C=O) groups excluding carboxylic acids is 1. The Bertz CT molecular complexity index is 1310. The molecule has 0 fully saturated rings. The van der Waals surface area contributed by atoms with Crippen molar-refractivity contribution >= 4 is 40.6 Å². The van der Waals surface area contributed by atoms with Crippen LogP contribution in [-0.2, 0) is 11.0 Å². The molecule has 0 aliphatic rings. The number of rotatable bonds is 6. The van der Waals surface area contributed by atoms with E-state index >= 15 is 0 Å². The minimum Gasteiger partial charge on any atom is -0.455 e. The molecule has 0 atom stereocenters. The van der Waals surface area contributed by atoms with Crippen LogP contribution in [-0.4, -0.2) is 26.3 Å². The molecule has 0 bridgehead atoms. The first-order valence-corrected chi connectivity index (χ1v) is 10.9. The molecule has 0 aliphatic carbocycles. The third kappa shape index (κ3) is 5.40. The molecular formula is C22H16ClF3N4O2S. The highest BCUT2D eigenvalue weighted by atomic mass is 35.5. The molecule has 11 heteroatoms. The predicted molar refractivity (Wildman–Crippen MR) is 120 cm³/mol. The smallest absolute Gasteiger partial charge is 0.417 e. The van der Waals surface area contributed by atoms with Crippen molar-refractivity contribution in [3.8, 4) is 11.5 Å². The van der Waals surface area contributed by atoms with E-state index in [4.69, 9.17) is 16.3 Å². The second-order valence-corrected chi connectivity index (χ2v) is 8.35. The summed E-state index contributed by atoms with van der Waals surface area (Å²) in [7, 11) is 0. The number of aryl methyl sites for hydroxylation is 1. The van der Waals surface area contributed by atoms with Gasteiger partial charge in [-0.25, -0.2) is 0 Å². The SMILES string of the molecule is Cc1ccc(Oc2ccccc2NC(=O)CSc2nnc3c(Cl)cc(C(F)(F)F)cn23)cc1. The van der Waals surface area contributed by atoms with Crippen molar-refractivity contribution in [3.05, 3.63) is 76.9 Å². The van der Waals surface area contributed by atoms with Gasteiger partial charge >= 0.3 is 6.18 Å². The van der Waals surface area contributed by atoms with Crippen LogP contribution in [0, 0.1) is 6.92 Å². The number of alkyl halides is 3. The number of amides is 1. The van der Waals surface area contributed by atoms with Gasteiger partial charge in [0.25, 0.3) is 0 Å². The van der Waals surface area contributed by atoms with E-state index in [9.17, 15) is 18.0 Å². The summed E-state index contributed by atoms with van der Waals surface area (Å²) in [6.07, 6.45) is -3.73. The summed E-state index contributed by atoms with van der Waals surface area (Å²) in [6.45, 7) is 1.96. The van der Waals surface area contributed by atoms with E-state index in [-0.39, 0.29) is 21.6 Å². The number of anilines is 1. The number of nitrogens with one attached hydrogen (secondary N) is 1. The van der Waals surface area contributed by atoms with Gasteiger partial charge < -0.3 is 10.1 Å². The highest BCUT2D eigenvalue weighted by molar-refractivity contribution is 7.99. The maximum Gasteiger partial charge on any atom is 0.417 e. The average Bonchev–Trinajstić information content (AvgIpc) is 3.18. The zero-order valence-corrected chi connectivity index (χ0v) is 18.6. The Morgan fingerprint density at radius 1 is 1.15 bits per heavy atom. The molecule has 1 amide bonds. The van der Waals surface area contributed by atoms with Crippen LogP contribution >= 0.6 is 23.4 Å². The largest absolute Gasteiger partial charge is 0.455 e. The van der Waals surface area contributed by atoms with Crippen LogP contribution in [0.2, 0.25) is 5.02 Å². The first kappa shape index (κ1) is 22.9. The number of hydrogen-bond acceptors (Lipinski definition) is 5. The second-order valence-electron chi connectivity index (χ2n) is 7.00. The number of halogens is 4. The second kappa shape index (κ2) is 9.32. The Labute approximate surface area is 195 Å². The van der Waals surface area contributed by atoms with Gasteiger partial charge in [0.2, 0.25) is 5.91 Å². The van der Waals surface area contributed by atoms with Crippen LogP contribution in [0.4, 0.5) is 18.9 Å². The summed E-state index contributed by atoms with van der Waals surface area (Å²) in [4.78, 5) is 12.5. The lowest BCUT2D eigenvalue weighted by molar-refractivity contribution is -0.137. The van der Waals surface area contributed by atoms with Gasteiger partial charge in [0.15, 0.2) is 16.6 Å². The monoisotopic (exact) mass is 492 g/mol. The third-order valence-electron chi connectivity index (χ3n) is 4.50. The van der Waals surface area contributed by atoms with Crippen LogP contribution in [0.1, 0.15) is 11.1 Å². The van der Waals surface area contributed by atoms with Crippen LogP contribution in [0.25, 0.3) is 5.65 Å². The maximum atomic E-state index is 13.1. The van der Waals surface area contributed by atoms with Crippen molar-refractivity contribution in [1.82, 2.24) is 14.6 Å². The fourth-order valence-electron chi connectivity index (χ4n) is 2.90. The third-order valence-corrected chi connectivity index (χ3v) is 5.72. The van der Waals surface area contributed by atoms with Gasteiger partial charge in [-0.1, -0.05) is 53.2 Å². The zero-order chi connectivity index (χ0) is 23.6. The highest BCUT2D eigenvalue weighted by Gasteiger charge is 2.32. The lowest BCUT2D eigenvalue weighted by atomic mass is 10.2. The van der Waals surface area contributed by atoms with Crippen molar-refractivity contribution in [2.24, 2.45) is 0 Å². The normalized spacial score (nSPS) is 11.5. The Morgan fingerprint density at radius 2 is 1.88 bits per heavy atom. The van der Waals surface area contributed by atoms with Gasteiger partial charge in [0.1, 0.15) is 5.75 Å². The lowest BCUT2D eigenvalue weighted by Gasteiger charge is -2.12. The number of nitrogens with zero attached hydrogens (tertiary/aromatic N) is 3. The van der Waals surface area contributed by atoms with Crippen LogP contribution in [0.15, 0.2) is 66.0 Å². The molecule has 0 saturated heterocycles. The molecule has 2 aromatic carbocycles. The summed E-state index contributed by atoms with van der Waals surface area (Å²) in [5, 5.41) is 10.3. The highest BCUT2D eigenvalue weighted by Crippen LogP contribution is 2.33. The molecule has 0 unspecified atom stereocenters. The number of hydrogen-bond donors (Lipinski definition) is 1. The fraction of sp³-hybridized carbons (Fsp3) is 0.136. The van der Waals surface area contributed by atoms with E-state index in [1.165, 1.54) is 0 Å². The Kier molecular flexibility index (Phi) is 6.48. The van der Waals surface area contributed by atoms with Crippen molar-refractivity contribution in [2.45, 2.75) is 18.3 Å². The lowest BCUT2D eigenvalue weighted by Crippen LogP contribution is -2.15. The summed E-state index contributed by atoms with van der Waals surface area (Å²) < 4.78 is 46.3. The molecule has 4 aromatic rings. The molecule has 33 heavy (non-hydrogen) atoms. The minimum atomic E-state index is -4.58. The molecule has 2 heterocycles. The summed E-state index contributed by atoms with van der Waals surface area (Å²) in [6, 6.07) is 15.2. The van der Waals surface area contributed by atoms with Gasteiger partial charge in [0, 0.05) is 6.20 Å². The Balaban J connectivity index is 1.47. The van der Waals surface area contributed by atoms with Gasteiger partial charge in [-0.2, -0.15) is 13.2 Å². The number of ether oxygens (including phenoxy) is 1. The average molecular weight is 493 g/mol. The van der Waals surface area contributed by atoms with Crippen LogP contribution < -0.4 is 10.1 Å². The number of aromatic nitrogens is 3. The van der Waals surface area contributed by atoms with E-state index in [1.54, 1.807) is 24.3 Å². The van der Waals surface area contributed by atoms with Crippen molar-refractivity contribution in [3.63, 3.8) is 0 Å². The van der Waals surface area contributed by atoms with Crippen LogP contribution in [0.5, 0.6) is 11.5 Å². The molecule has 4 rings (SSSR count). The van der Waals surface area contributed by atoms with Crippen molar-refractivity contribution in [1.29, 1.82) is 0 Å². The Hall–Kier alpha value is -3.24. The zero-order valence-electron chi connectivity index (χ0n) is 17.1.